The number of rotatable bonds is 7. The summed E-state index contributed by atoms with van der Waals surface area (Å²) in [6.45, 7) is 4.33. The van der Waals surface area contributed by atoms with Gasteiger partial charge in [0.05, 0.1) is 13.2 Å². The highest BCUT2D eigenvalue weighted by atomic mass is 19.4. The van der Waals surface area contributed by atoms with Gasteiger partial charge in [0.1, 0.15) is 11.3 Å². The van der Waals surface area contributed by atoms with Crippen molar-refractivity contribution in [2.45, 2.75) is 26.4 Å². The van der Waals surface area contributed by atoms with Crippen molar-refractivity contribution in [3.8, 4) is 11.6 Å². The average molecular weight is 355 g/mol. The Hall–Kier alpha value is -2.51. The summed E-state index contributed by atoms with van der Waals surface area (Å²) in [6.07, 6.45) is -3.26. The van der Waals surface area contributed by atoms with E-state index in [0.717, 1.165) is 6.20 Å². The summed E-state index contributed by atoms with van der Waals surface area (Å²) in [5.74, 6) is 0.293. The van der Waals surface area contributed by atoms with Crippen LogP contribution in [0.15, 0.2) is 30.5 Å². The molecule has 136 valence electrons. The van der Waals surface area contributed by atoms with Gasteiger partial charge in [-0.2, -0.15) is 18.2 Å². The van der Waals surface area contributed by atoms with E-state index in [1.807, 2.05) is 6.92 Å². The third-order valence-electron chi connectivity index (χ3n) is 3.31. The van der Waals surface area contributed by atoms with E-state index in [0.29, 0.717) is 24.5 Å². The highest BCUT2D eigenvalue weighted by Gasteiger charge is 2.36. The number of alkyl halides is 3. The molecule has 25 heavy (non-hydrogen) atoms. The largest absolute Gasteiger partial charge is 0.494 e. The predicted octanol–water partition coefficient (Wildman–Crippen LogP) is 4.45. The first kappa shape index (κ1) is 18.8. The first-order chi connectivity index (χ1) is 11.9. The number of halogens is 3. The van der Waals surface area contributed by atoms with Crippen LogP contribution in [0.2, 0.25) is 0 Å². The monoisotopic (exact) mass is 355 g/mol. The number of ether oxygens (including phenoxy) is 2. The molecule has 8 heteroatoms. The summed E-state index contributed by atoms with van der Waals surface area (Å²) in [6, 6.07) is 7.13. The third-order valence-corrected chi connectivity index (χ3v) is 3.31. The van der Waals surface area contributed by atoms with Gasteiger partial charge < -0.3 is 14.4 Å². The van der Waals surface area contributed by atoms with Crippen LogP contribution in [0.25, 0.3) is 0 Å². The van der Waals surface area contributed by atoms with Crippen LogP contribution in [0.4, 0.5) is 24.8 Å². The Labute approximate surface area is 144 Å². The number of hydrogen-bond acceptors (Lipinski definition) is 5. The lowest BCUT2D eigenvalue weighted by atomic mass is 10.3. The second-order valence-corrected chi connectivity index (χ2v) is 5.22. The Balaban J connectivity index is 2.36. The summed E-state index contributed by atoms with van der Waals surface area (Å²) >= 11 is 0. The van der Waals surface area contributed by atoms with Crippen LogP contribution in [-0.2, 0) is 6.18 Å². The molecule has 0 saturated heterocycles. The van der Waals surface area contributed by atoms with Crippen LogP contribution in [0.3, 0.4) is 0 Å². The first-order valence-electron chi connectivity index (χ1n) is 7.90. The molecule has 0 radical (unpaired) electrons. The maximum Gasteiger partial charge on any atom is 0.423 e. The van der Waals surface area contributed by atoms with E-state index in [4.69, 9.17) is 9.47 Å². The van der Waals surface area contributed by atoms with Gasteiger partial charge in [0, 0.05) is 25.0 Å². The van der Waals surface area contributed by atoms with Gasteiger partial charge in [0.25, 0.3) is 0 Å². The van der Waals surface area contributed by atoms with Crippen molar-refractivity contribution in [3.63, 3.8) is 0 Å². The molecular weight excluding hydrogens is 335 g/mol. The highest BCUT2D eigenvalue weighted by Crippen LogP contribution is 2.36. The molecule has 0 atom stereocenters. The van der Waals surface area contributed by atoms with Gasteiger partial charge in [-0.15, -0.1) is 0 Å². The maximum atomic E-state index is 13.1. The quantitative estimate of drug-likeness (QED) is 0.734. The molecule has 2 aromatic rings. The molecule has 0 saturated carbocycles. The SMILES string of the molecule is CCCOc1nc(N(C)c2cccc(OCC)c2)ncc1C(F)(F)F. The van der Waals surface area contributed by atoms with Crippen LogP contribution in [-0.4, -0.2) is 30.2 Å². The third kappa shape index (κ3) is 4.74. The van der Waals surface area contributed by atoms with Gasteiger partial charge in [-0.1, -0.05) is 13.0 Å². The topological polar surface area (TPSA) is 47.5 Å². The number of anilines is 2. The number of benzene rings is 1. The second kappa shape index (κ2) is 8.04. The molecule has 0 aliphatic carbocycles. The van der Waals surface area contributed by atoms with E-state index in [-0.39, 0.29) is 12.6 Å². The summed E-state index contributed by atoms with van der Waals surface area (Å²) in [5, 5.41) is 0. The summed E-state index contributed by atoms with van der Waals surface area (Å²) < 4.78 is 49.8. The maximum absolute atomic E-state index is 13.1. The van der Waals surface area contributed by atoms with E-state index in [1.165, 1.54) is 0 Å². The molecule has 2 rings (SSSR count). The first-order valence-corrected chi connectivity index (χ1v) is 7.90. The smallest absolute Gasteiger partial charge is 0.423 e. The van der Waals surface area contributed by atoms with E-state index in [2.05, 4.69) is 9.97 Å². The van der Waals surface area contributed by atoms with Crippen molar-refractivity contribution in [2.24, 2.45) is 0 Å². The zero-order chi connectivity index (χ0) is 18.4. The van der Waals surface area contributed by atoms with Gasteiger partial charge in [0.2, 0.25) is 11.8 Å². The lowest BCUT2D eigenvalue weighted by Crippen LogP contribution is -2.17. The zero-order valence-corrected chi connectivity index (χ0v) is 14.3. The minimum Gasteiger partial charge on any atom is -0.494 e. The van der Waals surface area contributed by atoms with Crippen LogP contribution >= 0.6 is 0 Å². The summed E-state index contributed by atoms with van der Waals surface area (Å²) in [4.78, 5) is 9.37. The second-order valence-electron chi connectivity index (χ2n) is 5.22. The van der Waals surface area contributed by atoms with Gasteiger partial charge in [-0.05, 0) is 25.5 Å². The lowest BCUT2D eigenvalue weighted by molar-refractivity contribution is -0.139. The van der Waals surface area contributed by atoms with Crippen LogP contribution < -0.4 is 14.4 Å². The number of aromatic nitrogens is 2. The number of hydrogen-bond donors (Lipinski definition) is 0. The molecule has 0 N–H and O–H groups in total. The van der Waals surface area contributed by atoms with Crippen molar-refractivity contribution >= 4 is 11.6 Å². The molecular formula is C17H20F3N3O2. The molecule has 1 aromatic carbocycles. The normalized spacial score (nSPS) is 11.3. The molecule has 0 bridgehead atoms. The Morgan fingerprint density at radius 3 is 2.56 bits per heavy atom. The summed E-state index contributed by atoms with van der Waals surface area (Å²) in [5.41, 5.74) is -0.298. The van der Waals surface area contributed by atoms with Gasteiger partial charge in [-0.25, -0.2) is 4.98 Å². The molecule has 0 aliphatic rings. The highest BCUT2D eigenvalue weighted by molar-refractivity contribution is 5.59. The van der Waals surface area contributed by atoms with E-state index < -0.39 is 17.6 Å². The molecule has 1 heterocycles. The van der Waals surface area contributed by atoms with Crippen molar-refractivity contribution in [1.82, 2.24) is 9.97 Å². The molecule has 0 aliphatic heterocycles. The van der Waals surface area contributed by atoms with Gasteiger partial charge >= 0.3 is 6.18 Å². The molecule has 1 aromatic heterocycles. The van der Waals surface area contributed by atoms with Gasteiger partial charge in [0.15, 0.2) is 0 Å². The Bertz CT molecular complexity index is 708. The predicted molar refractivity (Wildman–Crippen MR) is 88.5 cm³/mol. The van der Waals surface area contributed by atoms with Gasteiger partial charge in [-0.3, -0.25) is 0 Å². The Morgan fingerprint density at radius 2 is 1.92 bits per heavy atom. The standard InChI is InChI=1S/C17H20F3N3O2/c1-4-9-25-15-14(17(18,19)20)11-21-16(22-15)23(3)12-7-6-8-13(10-12)24-5-2/h6-8,10-11H,4-5,9H2,1-3H3. The van der Waals surface area contributed by atoms with Crippen LogP contribution in [0.5, 0.6) is 11.6 Å². The molecule has 0 unspecified atom stereocenters. The van der Waals surface area contributed by atoms with E-state index in [9.17, 15) is 13.2 Å². The zero-order valence-electron chi connectivity index (χ0n) is 14.3. The van der Waals surface area contributed by atoms with Crippen molar-refractivity contribution in [3.05, 3.63) is 36.0 Å². The minimum atomic E-state index is -4.57. The fourth-order valence-electron chi connectivity index (χ4n) is 2.09. The lowest BCUT2D eigenvalue weighted by Gasteiger charge is -2.20. The minimum absolute atomic E-state index is 0.104. The molecule has 0 amide bonds. The van der Waals surface area contributed by atoms with Crippen molar-refractivity contribution < 1.29 is 22.6 Å². The Morgan fingerprint density at radius 1 is 1.16 bits per heavy atom. The van der Waals surface area contributed by atoms with Crippen LogP contribution in [0.1, 0.15) is 25.8 Å². The van der Waals surface area contributed by atoms with Crippen LogP contribution in [0, 0.1) is 0 Å². The molecule has 0 fully saturated rings. The number of nitrogens with zero attached hydrogens (tertiary/aromatic N) is 3. The van der Waals surface area contributed by atoms with E-state index in [1.54, 1.807) is 43.1 Å². The van der Waals surface area contributed by atoms with E-state index >= 15 is 0 Å². The summed E-state index contributed by atoms with van der Waals surface area (Å²) in [7, 11) is 1.66. The Kier molecular flexibility index (Phi) is 6.06. The van der Waals surface area contributed by atoms with Crippen molar-refractivity contribution in [1.29, 1.82) is 0 Å². The molecule has 0 spiro atoms. The fourth-order valence-corrected chi connectivity index (χ4v) is 2.09. The molecule has 5 nitrogen and oxygen atoms in total. The van der Waals surface area contributed by atoms with Crippen molar-refractivity contribution in [2.75, 3.05) is 25.2 Å². The fraction of sp³-hybridized carbons (Fsp3) is 0.412. The average Bonchev–Trinajstić information content (AvgIpc) is 2.58.